The largest absolute Gasteiger partial charge is 0.506 e. The zero-order valence-corrected chi connectivity index (χ0v) is 8.44. The zero-order valence-electron chi connectivity index (χ0n) is 8.44. The average Bonchev–Trinajstić information content (AvgIpc) is 2.74. The van der Waals surface area contributed by atoms with Gasteiger partial charge in [0.2, 0.25) is 0 Å². The van der Waals surface area contributed by atoms with Crippen LogP contribution >= 0.6 is 0 Å². The quantitative estimate of drug-likeness (QED) is 0.536. The SMILES string of the molecule is Nc1ccc(C(=O)N2CCCC2)cc1O. The minimum Gasteiger partial charge on any atom is -0.506 e. The number of rotatable bonds is 1. The Morgan fingerprint density at radius 1 is 1.33 bits per heavy atom. The minimum absolute atomic E-state index is 0.0252. The molecule has 80 valence electrons. The maximum absolute atomic E-state index is 11.9. The van der Waals surface area contributed by atoms with Gasteiger partial charge >= 0.3 is 0 Å². The molecule has 1 heterocycles. The number of aromatic hydroxyl groups is 1. The molecule has 1 aromatic carbocycles. The van der Waals surface area contributed by atoms with Gasteiger partial charge in [0, 0.05) is 18.7 Å². The standard InChI is InChI=1S/C11H14N2O2/c12-9-4-3-8(7-10(9)14)11(15)13-5-1-2-6-13/h3-4,7,14H,1-2,5-6,12H2. The molecule has 15 heavy (non-hydrogen) atoms. The maximum Gasteiger partial charge on any atom is 0.253 e. The van der Waals surface area contributed by atoms with Crippen molar-refractivity contribution in [2.24, 2.45) is 0 Å². The lowest BCUT2D eigenvalue weighted by Crippen LogP contribution is -2.27. The molecule has 3 N–H and O–H groups in total. The molecule has 0 saturated carbocycles. The summed E-state index contributed by atoms with van der Waals surface area (Å²) in [7, 11) is 0. The lowest BCUT2D eigenvalue weighted by molar-refractivity contribution is 0.0792. The highest BCUT2D eigenvalue weighted by Gasteiger charge is 2.19. The lowest BCUT2D eigenvalue weighted by atomic mass is 10.1. The number of nitrogen functional groups attached to an aromatic ring is 1. The van der Waals surface area contributed by atoms with E-state index in [2.05, 4.69) is 0 Å². The second-order valence-electron chi connectivity index (χ2n) is 3.77. The van der Waals surface area contributed by atoms with Crippen molar-refractivity contribution in [2.75, 3.05) is 18.8 Å². The fourth-order valence-electron chi connectivity index (χ4n) is 1.78. The Kier molecular flexibility index (Phi) is 2.49. The predicted octanol–water partition coefficient (Wildman–Crippen LogP) is 1.21. The first-order valence-electron chi connectivity index (χ1n) is 5.06. The Balaban J connectivity index is 2.21. The van der Waals surface area contributed by atoms with Crippen LogP contribution in [0.3, 0.4) is 0 Å². The predicted molar refractivity (Wildman–Crippen MR) is 57.7 cm³/mol. The van der Waals surface area contributed by atoms with Crippen LogP contribution in [-0.2, 0) is 0 Å². The minimum atomic E-state index is -0.0277. The summed E-state index contributed by atoms with van der Waals surface area (Å²) in [6.45, 7) is 1.62. The summed E-state index contributed by atoms with van der Waals surface area (Å²) < 4.78 is 0. The number of phenols is 1. The van der Waals surface area contributed by atoms with Gasteiger partial charge in [0.1, 0.15) is 5.75 Å². The molecule has 1 fully saturated rings. The van der Waals surface area contributed by atoms with Gasteiger partial charge in [-0.15, -0.1) is 0 Å². The van der Waals surface area contributed by atoms with Gasteiger partial charge in [0.15, 0.2) is 0 Å². The number of carbonyl (C=O) groups excluding carboxylic acids is 1. The van der Waals surface area contributed by atoms with E-state index in [4.69, 9.17) is 5.73 Å². The summed E-state index contributed by atoms with van der Waals surface area (Å²) in [5, 5.41) is 9.40. The molecule has 4 nitrogen and oxygen atoms in total. The van der Waals surface area contributed by atoms with E-state index in [1.54, 1.807) is 17.0 Å². The highest BCUT2D eigenvalue weighted by Crippen LogP contribution is 2.22. The molecule has 1 aromatic rings. The molecule has 0 aromatic heterocycles. The van der Waals surface area contributed by atoms with Gasteiger partial charge in [-0.2, -0.15) is 0 Å². The summed E-state index contributed by atoms with van der Waals surface area (Å²) in [6.07, 6.45) is 2.12. The Labute approximate surface area is 88.3 Å². The molecular weight excluding hydrogens is 192 g/mol. The van der Waals surface area contributed by atoms with Gasteiger partial charge in [0.05, 0.1) is 5.69 Å². The van der Waals surface area contributed by atoms with Crippen LogP contribution in [0.25, 0.3) is 0 Å². The highest BCUT2D eigenvalue weighted by molar-refractivity contribution is 5.95. The number of phenolic OH excluding ortho intramolecular Hbond substituents is 1. The number of amides is 1. The van der Waals surface area contributed by atoms with Crippen LogP contribution in [0.2, 0.25) is 0 Å². The Morgan fingerprint density at radius 2 is 2.00 bits per heavy atom. The van der Waals surface area contributed by atoms with E-state index in [9.17, 15) is 9.90 Å². The number of anilines is 1. The van der Waals surface area contributed by atoms with Crippen molar-refractivity contribution in [1.29, 1.82) is 0 Å². The average molecular weight is 206 g/mol. The van der Waals surface area contributed by atoms with Crippen molar-refractivity contribution < 1.29 is 9.90 Å². The lowest BCUT2D eigenvalue weighted by Gasteiger charge is -2.15. The fourth-order valence-corrected chi connectivity index (χ4v) is 1.78. The molecule has 0 spiro atoms. The molecule has 1 saturated heterocycles. The number of hydrogen-bond acceptors (Lipinski definition) is 3. The maximum atomic E-state index is 11.9. The number of nitrogens with two attached hydrogens (primary N) is 1. The van der Waals surface area contributed by atoms with Gasteiger partial charge in [-0.1, -0.05) is 0 Å². The molecule has 4 heteroatoms. The van der Waals surface area contributed by atoms with Crippen LogP contribution in [0.15, 0.2) is 18.2 Å². The smallest absolute Gasteiger partial charge is 0.253 e. The van der Waals surface area contributed by atoms with Crippen molar-refractivity contribution in [2.45, 2.75) is 12.8 Å². The van der Waals surface area contributed by atoms with Crippen molar-refractivity contribution in [3.63, 3.8) is 0 Å². The van der Waals surface area contributed by atoms with E-state index >= 15 is 0 Å². The van der Waals surface area contributed by atoms with Crippen LogP contribution in [0.5, 0.6) is 5.75 Å². The topological polar surface area (TPSA) is 66.6 Å². The van der Waals surface area contributed by atoms with E-state index < -0.39 is 0 Å². The monoisotopic (exact) mass is 206 g/mol. The summed E-state index contributed by atoms with van der Waals surface area (Å²) in [5.74, 6) is -0.0529. The van der Waals surface area contributed by atoms with Crippen molar-refractivity contribution >= 4 is 11.6 Å². The fraction of sp³-hybridized carbons (Fsp3) is 0.364. The second-order valence-corrected chi connectivity index (χ2v) is 3.77. The molecule has 0 aliphatic carbocycles. The number of nitrogens with zero attached hydrogens (tertiary/aromatic N) is 1. The number of hydrogen-bond donors (Lipinski definition) is 2. The summed E-state index contributed by atoms with van der Waals surface area (Å²) in [4.78, 5) is 13.7. The third kappa shape index (κ3) is 1.88. The highest BCUT2D eigenvalue weighted by atomic mass is 16.3. The van der Waals surface area contributed by atoms with Crippen LogP contribution in [0, 0.1) is 0 Å². The van der Waals surface area contributed by atoms with Crippen LogP contribution in [0.1, 0.15) is 23.2 Å². The van der Waals surface area contributed by atoms with E-state index in [0.717, 1.165) is 25.9 Å². The molecule has 0 radical (unpaired) electrons. The molecule has 0 atom stereocenters. The van der Waals surface area contributed by atoms with Crippen LogP contribution in [-0.4, -0.2) is 29.0 Å². The van der Waals surface area contributed by atoms with E-state index in [1.165, 1.54) is 6.07 Å². The summed E-state index contributed by atoms with van der Waals surface area (Å²) >= 11 is 0. The molecule has 0 unspecified atom stereocenters. The van der Waals surface area contributed by atoms with Crippen molar-refractivity contribution in [3.8, 4) is 5.75 Å². The third-order valence-corrected chi connectivity index (χ3v) is 2.67. The number of benzene rings is 1. The van der Waals surface area contributed by atoms with Gasteiger partial charge in [-0.3, -0.25) is 4.79 Å². The first-order valence-corrected chi connectivity index (χ1v) is 5.06. The summed E-state index contributed by atoms with van der Waals surface area (Å²) in [5.41, 5.74) is 6.27. The first kappa shape index (κ1) is 9.83. The Hall–Kier alpha value is -1.71. The normalized spacial score (nSPS) is 15.6. The summed E-state index contributed by atoms with van der Waals surface area (Å²) in [6, 6.07) is 4.63. The Morgan fingerprint density at radius 3 is 2.60 bits per heavy atom. The van der Waals surface area contributed by atoms with E-state index in [0.29, 0.717) is 11.3 Å². The van der Waals surface area contributed by atoms with Crippen LogP contribution in [0.4, 0.5) is 5.69 Å². The van der Waals surface area contributed by atoms with Crippen molar-refractivity contribution in [3.05, 3.63) is 23.8 Å². The second kappa shape index (κ2) is 3.81. The number of carbonyl (C=O) groups is 1. The molecule has 0 bridgehead atoms. The van der Waals surface area contributed by atoms with E-state index in [1.807, 2.05) is 0 Å². The molecule has 2 rings (SSSR count). The Bertz CT molecular complexity index is 384. The van der Waals surface area contributed by atoms with Crippen LogP contribution < -0.4 is 5.73 Å². The third-order valence-electron chi connectivity index (χ3n) is 2.67. The zero-order chi connectivity index (χ0) is 10.8. The van der Waals surface area contributed by atoms with Gasteiger partial charge in [0.25, 0.3) is 5.91 Å². The molecule has 1 amide bonds. The van der Waals surface area contributed by atoms with Crippen molar-refractivity contribution in [1.82, 2.24) is 4.90 Å². The number of likely N-dealkylation sites (tertiary alicyclic amines) is 1. The van der Waals surface area contributed by atoms with Gasteiger partial charge in [-0.25, -0.2) is 0 Å². The van der Waals surface area contributed by atoms with E-state index in [-0.39, 0.29) is 11.7 Å². The van der Waals surface area contributed by atoms with Gasteiger partial charge < -0.3 is 15.7 Å². The first-order chi connectivity index (χ1) is 7.18. The molecular formula is C11H14N2O2. The molecule has 1 aliphatic heterocycles. The molecule has 1 aliphatic rings. The van der Waals surface area contributed by atoms with Gasteiger partial charge in [-0.05, 0) is 31.0 Å².